The average molecular weight is 406 g/mol. The maximum Gasteiger partial charge on any atom is 0.328 e. The first-order chi connectivity index (χ1) is 14.0. The summed E-state index contributed by atoms with van der Waals surface area (Å²) in [4.78, 5) is 30.6. The van der Waals surface area contributed by atoms with Gasteiger partial charge in [0.25, 0.3) is 0 Å². The molecule has 0 unspecified atom stereocenters. The van der Waals surface area contributed by atoms with Crippen molar-refractivity contribution in [1.29, 1.82) is 0 Å². The number of carboxylic acid groups (broad SMARTS) is 1. The zero-order valence-corrected chi connectivity index (χ0v) is 15.6. The second kappa shape index (κ2) is 7.61. The van der Waals surface area contributed by atoms with Crippen LogP contribution >= 0.6 is 11.3 Å². The molecular formula is C21H14N2O5S. The SMILES string of the molecule is O=C(O)/C=C/c1ccc(Oc2c(C(=O)c3cnc[nH]3)sc3cc(O)ccc23)cc1. The molecule has 4 aromatic rings. The van der Waals surface area contributed by atoms with Crippen molar-refractivity contribution in [3.63, 3.8) is 0 Å². The van der Waals surface area contributed by atoms with Gasteiger partial charge in [-0.05, 0) is 42.0 Å². The molecule has 0 aliphatic rings. The molecule has 0 aliphatic heterocycles. The Hall–Kier alpha value is -3.91. The van der Waals surface area contributed by atoms with Gasteiger partial charge in [-0.1, -0.05) is 12.1 Å². The largest absolute Gasteiger partial charge is 0.508 e. The number of aromatic nitrogens is 2. The summed E-state index contributed by atoms with van der Waals surface area (Å²) in [5.41, 5.74) is 1.04. The topological polar surface area (TPSA) is 113 Å². The molecular weight excluding hydrogens is 392 g/mol. The van der Waals surface area contributed by atoms with E-state index in [-0.39, 0.29) is 11.5 Å². The molecule has 0 aliphatic carbocycles. The molecule has 4 rings (SSSR count). The number of imidazole rings is 1. The molecule has 8 heteroatoms. The number of rotatable bonds is 6. The van der Waals surface area contributed by atoms with Gasteiger partial charge in [-0.2, -0.15) is 0 Å². The van der Waals surface area contributed by atoms with Crippen LogP contribution < -0.4 is 4.74 Å². The van der Waals surface area contributed by atoms with Gasteiger partial charge in [-0.25, -0.2) is 9.78 Å². The molecule has 29 heavy (non-hydrogen) atoms. The molecule has 0 spiro atoms. The van der Waals surface area contributed by atoms with Gasteiger partial charge in [-0.15, -0.1) is 11.3 Å². The predicted octanol–water partition coefficient (Wildman–Crippen LogP) is 4.45. The Morgan fingerprint density at radius 3 is 2.62 bits per heavy atom. The Kier molecular flexibility index (Phi) is 4.84. The minimum atomic E-state index is -1.03. The number of carboxylic acids is 1. The number of aliphatic carboxylic acids is 1. The van der Waals surface area contributed by atoms with Crippen molar-refractivity contribution in [1.82, 2.24) is 9.97 Å². The fourth-order valence-electron chi connectivity index (χ4n) is 2.75. The molecule has 0 saturated carbocycles. The van der Waals surface area contributed by atoms with Gasteiger partial charge in [0.2, 0.25) is 5.78 Å². The molecule has 0 amide bonds. The lowest BCUT2D eigenvalue weighted by Crippen LogP contribution is -2.01. The molecule has 2 heterocycles. The highest BCUT2D eigenvalue weighted by Crippen LogP contribution is 2.42. The molecule has 3 N–H and O–H groups in total. The highest BCUT2D eigenvalue weighted by molar-refractivity contribution is 7.21. The first kappa shape index (κ1) is 18.5. The van der Waals surface area contributed by atoms with Gasteiger partial charge in [0, 0.05) is 16.2 Å². The van der Waals surface area contributed by atoms with Crippen LogP contribution in [0.4, 0.5) is 0 Å². The van der Waals surface area contributed by atoms with Crippen LogP contribution in [-0.2, 0) is 4.79 Å². The third-order valence-electron chi connectivity index (χ3n) is 4.10. The van der Waals surface area contributed by atoms with Gasteiger partial charge in [-0.3, -0.25) is 4.79 Å². The van der Waals surface area contributed by atoms with Crippen LogP contribution in [0.25, 0.3) is 16.2 Å². The molecule has 7 nitrogen and oxygen atoms in total. The first-order valence-electron chi connectivity index (χ1n) is 8.49. The second-order valence-electron chi connectivity index (χ2n) is 6.08. The lowest BCUT2D eigenvalue weighted by atomic mass is 10.1. The number of aromatic amines is 1. The normalized spacial score (nSPS) is 11.2. The second-order valence-corrected chi connectivity index (χ2v) is 7.13. The number of hydrogen-bond donors (Lipinski definition) is 3. The zero-order chi connectivity index (χ0) is 20.4. The lowest BCUT2D eigenvalue weighted by molar-refractivity contribution is -0.131. The Labute approximate surface area is 168 Å². The summed E-state index contributed by atoms with van der Waals surface area (Å²) in [6.07, 6.45) is 5.39. The number of carbonyl (C=O) groups excluding carboxylic acids is 1. The van der Waals surface area contributed by atoms with Crippen LogP contribution in [0.5, 0.6) is 17.2 Å². The summed E-state index contributed by atoms with van der Waals surface area (Å²) >= 11 is 1.22. The summed E-state index contributed by atoms with van der Waals surface area (Å²) < 4.78 is 6.75. The zero-order valence-electron chi connectivity index (χ0n) is 14.8. The van der Waals surface area contributed by atoms with Crippen molar-refractivity contribution in [2.45, 2.75) is 0 Å². The van der Waals surface area contributed by atoms with E-state index in [2.05, 4.69) is 9.97 Å². The van der Waals surface area contributed by atoms with Gasteiger partial charge >= 0.3 is 5.97 Å². The van der Waals surface area contributed by atoms with Gasteiger partial charge in [0.15, 0.2) is 5.75 Å². The van der Waals surface area contributed by atoms with Crippen molar-refractivity contribution in [2.75, 3.05) is 0 Å². The van der Waals surface area contributed by atoms with E-state index in [9.17, 15) is 14.7 Å². The van der Waals surface area contributed by atoms with E-state index in [4.69, 9.17) is 9.84 Å². The molecule has 0 bridgehead atoms. The van der Waals surface area contributed by atoms with E-state index < -0.39 is 5.97 Å². The number of benzene rings is 2. The monoisotopic (exact) mass is 406 g/mol. The number of ketones is 1. The maximum absolute atomic E-state index is 12.9. The molecule has 0 saturated heterocycles. The quantitative estimate of drug-likeness (QED) is 0.322. The van der Waals surface area contributed by atoms with Crippen LogP contribution in [-0.4, -0.2) is 31.9 Å². The summed E-state index contributed by atoms with van der Waals surface area (Å²) in [5.74, 6) is -0.317. The molecule has 144 valence electrons. The number of phenolic OH excluding ortho intramolecular Hbond substituents is 1. The third-order valence-corrected chi connectivity index (χ3v) is 5.23. The standard InChI is InChI=1S/C21H14N2O5S/c24-13-4-7-15-17(9-13)29-21(19(27)16-10-22-11-23-16)20(15)28-14-5-1-12(2-6-14)3-8-18(25)26/h1-11,24H,(H,22,23)(H,25,26)/b8-3+. The highest BCUT2D eigenvalue weighted by Gasteiger charge is 2.23. The van der Waals surface area contributed by atoms with Crippen molar-refractivity contribution in [2.24, 2.45) is 0 Å². The van der Waals surface area contributed by atoms with Crippen molar-refractivity contribution < 1.29 is 24.5 Å². The fraction of sp³-hybridized carbons (Fsp3) is 0. The van der Waals surface area contributed by atoms with Gasteiger partial charge in [0.05, 0.1) is 12.5 Å². The number of H-pyrrole nitrogens is 1. The minimum absolute atomic E-state index is 0.0976. The summed E-state index contributed by atoms with van der Waals surface area (Å²) in [6.45, 7) is 0. The molecule has 2 aromatic carbocycles. The summed E-state index contributed by atoms with van der Waals surface area (Å²) in [7, 11) is 0. The number of hydrogen-bond acceptors (Lipinski definition) is 6. The number of aromatic hydroxyl groups is 1. The number of fused-ring (bicyclic) bond motifs is 1. The summed E-state index contributed by atoms with van der Waals surface area (Å²) in [5, 5.41) is 19.2. The summed E-state index contributed by atoms with van der Waals surface area (Å²) in [6, 6.07) is 11.6. The average Bonchev–Trinajstić information content (AvgIpc) is 3.35. The van der Waals surface area contributed by atoms with Crippen LogP contribution in [0.2, 0.25) is 0 Å². The van der Waals surface area contributed by atoms with Gasteiger partial charge in [0.1, 0.15) is 22.1 Å². The molecule has 0 atom stereocenters. The highest BCUT2D eigenvalue weighted by atomic mass is 32.1. The van der Waals surface area contributed by atoms with Crippen molar-refractivity contribution >= 4 is 39.3 Å². The van der Waals surface area contributed by atoms with Crippen molar-refractivity contribution in [3.05, 3.63) is 77.2 Å². The Morgan fingerprint density at radius 1 is 1.14 bits per heavy atom. The predicted molar refractivity (Wildman–Crippen MR) is 109 cm³/mol. The Balaban J connectivity index is 1.73. The van der Waals surface area contributed by atoms with E-state index >= 15 is 0 Å². The molecule has 0 radical (unpaired) electrons. The number of nitrogens with zero attached hydrogens (tertiary/aromatic N) is 1. The van der Waals surface area contributed by atoms with E-state index in [0.717, 1.165) is 6.08 Å². The molecule has 0 fully saturated rings. The van der Waals surface area contributed by atoms with Crippen molar-refractivity contribution in [3.8, 4) is 17.2 Å². The lowest BCUT2D eigenvalue weighted by Gasteiger charge is -2.07. The number of carbonyl (C=O) groups is 2. The van der Waals surface area contributed by atoms with Crippen LogP contribution in [0, 0.1) is 0 Å². The van der Waals surface area contributed by atoms with E-state index in [1.54, 1.807) is 36.4 Å². The van der Waals surface area contributed by atoms with E-state index in [1.807, 2.05) is 0 Å². The third kappa shape index (κ3) is 3.87. The molecule has 2 aromatic heterocycles. The van der Waals surface area contributed by atoms with Crippen LogP contribution in [0.15, 0.2) is 61.1 Å². The number of phenols is 1. The number of nitrogens with one attached hydrogen (secondary N) is 1. The maximum atomic E-state index is 12.9. The smallest absolute Gasteiger partial charge is 0.328 e. The van der Waals surface area contributed by atoms with Crippen LogP contribution in [0.3, 0.4) is 0 Å². The Morgan fingerprint density at radius 2 is 1.93 bits per heavy atom. The number of ether oxygens (including phenoxy) is 1. The minimum Gasteiger partial charge on any atom is -0.508 e. The first-order valence-corrected chi connectivity index (χ1v) is 9.30. The van der Waals surface area contributed by atoms with Gasteiger partial charge < -0.3 is 19.9 Å². The number of thiophene rings is 1. The van der Waals surface area contributed by atoms with E-state index in [0.29, 0.717) is 37.7 Å². The Bertz CT molecular complexity index is 1220. The van der Waals surface area contributed by atoms with E-state index in [1.165, 1.54) is 36.0 Å². The fourth-order valence-corrected chi connectivity index (χ4v) is 3.86. The van der Waals surface area contributed by atoms with Crippen LogP contribution in [0.1, 0.15) is 20.9 Å².